The number of fused-ring (bicyclic) bond motifs is 5. The summed E-state index contributed by atoms with van der Waals surface area (Å²) in [5, 5.41) is 9.11. The van der Waals surface area contributed by atoms with Crippen molar-refractivity contribution in [2.24, 2.45) is 10.9 Å². The fourth-order valence-electron chi connectivity index (χ4n) is 4.36. The van der Waals surface area contributed by atoms with E-state index in [-0.39, 0.29) is 0 Å². The predicted octanol–water partition coefficient (Wildman–Crippen LogP) is 2.75. The summed E-state index contributed by atoms with van der Waals surface area (Å²) < 4.78 is 5.52. The molecular formula is C24H27N5O2. The van der Waals surface area contributed by atoms with E-state index in [1.807, 2.05) is 24.3 Å². The van der Waals surface area contributed by atoms with Crippen LogP contribution in [-0.4, -0.2) is 57.1 Å². The molecule has 0 bridgehead atoms. The van der Waals surface area contributed by atoms with Crippen LogP contribution in [0.2, 0.25) is 0 Å². The summed E-state index contributed by atoms with van der Waals surface area (Å²) in [7, 11) is 1.68. The van der Waals surface area contributed by atoms with Crippen molar-refractivity contribution in [3.63, 3.8) is 0 Å². The van der Waals surface area contributed by atoms with Gasteiger partial charge in [-0.1, -0.05) is 23.4 Å². The fourth-order valence-corrected chi connectivity index (χ4v) is 4.36. The lowest BCUT2D eigenvalue weighted by Gasteiger charge is -2.30. The predicted molar refractivity (Wildman–Crippen MR) is 124 cm³/mol. The molecule has 0 spiro atoms. The fraction of sp³-hybridized carbons (Fsp3) is 0.333. The number of ether oxygens (including phenoxy) is 1. The number of nitrogens with zero attached hydrogens (tertiary/aromatic N) is 3. The Morgan fingerprint density at radius 3 is 2.74 bits per heavy atom. The Labute approximate surface area is 181 Å². The molecule has 7 heteroatoms. The first kappa shape index (κ1) is 19.8. The summed E-state index contributed by atoms with van der Waals surface area (Å²) in [6.07, 6.45) is 0.762. The number of aromatic nitrogens is 1. The summed E-state index contributed by atoms with van der Waals surface area (Å²) >= 11 is 0. The highest BCUT2D eigenvalue weighted by Gasteiger charge is 2.33. The number of pyridine rings is 1. The number of piperazine rings is 1. The van der Waals surface area contributed by atoms with Gasteiger partial charge in [-0.25, -0.2) is 4.98 Å². The minimum Gasteiger partial charge on any atom is -0.497 e. The summed E-state index contributed by atoms with van der Waals surface area (Å²) in [4.78, 5) is 13.2. The number of methoxy groups -OCH3 is 1. The molecule has 160 valence electrons. The zero-order valence-electron chi connectivity index (χ0n) is 17.7. The van der Waals surface area contributed by atoms with Crippen molar-refractivity contribution in [2.45, 2.75) is 6.42 Å². The highest BCUT2D eigenvalue weighted by Crippen LogP contribution is 2.46. The summed E-state index contributed by atoms with van der Waals surface area (Å²) in [6, 6.07) is 14.4. The molecule has 0 unspecified atom stereocenters. The quantitative estimate of drug-likeness (QED) is 0.371. The lowest BCUT2D eigenvalue weighted by atomic mass is 10.0. The van der Waals surface area contributed by atoms with Crippen LogP contribution >= 0.6 is 0 Å². The van der Waals surface area contributed by atoms with Gasteiger partial charge in [0.15, 0.2) is 0 Å². The molecule has 1 aliphatic carbocycles. The van der Waals surface area contributed by atoms with E-state index < -0.39 is 0 Å². The van der Waals surface area contributed by atoms with Crippen LogP contribution in [0.3, 0.4) is 0 Å². The first-order valence-electron chi connectivity index (χ1n) is 10.8. The highest BCUT2D eigenvalue weighted by molar-refractivity contribution is 6.30. The van der Waals surface area contributed by atoms with E-state index in [1.165, 1.54) is 0 Å². The maximum absolute atomic E-state index is 5.70. The largest absolute Gasteiger partial charge is 0.497 e. The van der Waals surface area contributed by atoms with E-state index in [4.69, 9.17) is 20.3 Å². The van der Waals surface area contributed by atoms with Crippen LogP contribution in [0.25, 0.3) is 22.0 Å². The SMILES string of the molecule is COc1ccc2c(c1)/C(=N\OCCCN)c1c-2c(N2CCNCC2)nc2ccccc12. The van der Waals surface area contributed by atoms with Crippen LogP contribution in [0.1, 0.15) is 17.5 Å². The van der Waals surface area contributed by atoms with E-state index in [0.29, 0.717) is 13.2 Å². The Morgan fingerprint density at radius 1 is 1.10 bits per heavy atom. The Bertz CT molecular complexity index is 1140. The van der Waals surface area contributed by atoms with Crippen molar-refractivity contribution in [1.29, 1.82) is 0 Å². The zero-order valence-corrected chi connectivity index (χ0v) is 17.7. The van der Waals surface area contributed by atoms with Crippen LogP contribution in [0, 0.1) is 0 Å². The smallest absolute Gasteiger partial charge is 0.137 e. The lowest BCUT2D eigenvalue weighted by molar-refractivity contribution is 0.143. The number of hydrogen-bond acceptors (Lipinski definition) is 7. The van der Waals surface area contributed by atoms with Gasteiger partial charge in [0.2, 0.25) is 0 Å². The van der Waals surface area contributed by atoms with E-state index in [9.17, 15) is 0 Å². The third kappa shape index (κ3) is 3.49. The van der Waals surface area contributed by atoms with Crippen molar-refractivity contribution in [3.05, 3.63) is 53.6 Å². The molecule has 31 heavy (non-hydrogen) atoms. The Kier molecular flexibility index (Phi) is 5.44. The molecule has 1 saturated heterocycles. The average Bonchev–Trinajstić information content (AvgIpc) is 3.15. The van der Waals surface area contributed by atoms with Gasteiger partial charge in [0.25, 0.3) is 0 Å². The first-order chi connectivity index (χ1) is 15.3. The summed E-state index contributed by atoms with van der Waals surface area (Å²) in [6.45, 7) is 4.80. The number of anilines is 1. The van der Waals surface area contributed by atoms with Gasteiger partial charge in [-0.05, 0) is 42.8 Å². The van der Waals surface area contributed by atoms with Gasteiger partial charge >= 0.3 is 0 Å². The summed E-state index contributed by atoms with van der Waals surface area (Å²) in [5.41, 5.74) is 11.7. The third-order valence-electron chi connectivity index (χ3n) is 5.87. The Morgan fingerprint density at radius 2 is 1.94 bits per heavy atom. The average molecular weight is 418 g/mol. The Hall–Kier alpha value is -3.16. The van der Waals surface area contributed by atoms with Gasteiger partial charge in [0.1, 0.15) is 23.9 Å². The van der Waals surface area contributed by atoms with Crippen LogP contribution in [0.4, 0.5) is 5.82 Å². The number of benzene rings is 2. The van der Waals surface area contributed by atoms with E-state index in [0.717, 1.165) is 83.0 Å². The van der Waals surface area contributed by atoms with Gasteiger partial charge < -0.3 is 25.5 Å². The van der Waals surface area contributed by atoms with E-state index in [1.54, 1.807) is 7.11 Å². The molecule has 1 fully saturated rings. The molecule has 5 rings (SSSR count). The molecular weight excluding hydrogens is 390 g/mol. The number of nitrogens with one attached hydrogen (secondary N) is 1. The van der Waals surface area contributed by atoms with Crippen LogP contribution in [0.15, 0.2) is 47.6 Å². The molecule has 0 amide bonds. The highest BCUT2D eigenvalue weighted by atomic mass is 16.6. The normalized spacial score (nSPS) is 16.5. The molecule has 7 nitrogen and oxygen atoms in total. The molecule has 1 aliphatic heterocycles. The maximum Gasteiger partial charge on any atom is 0.137 e. The standard InChI is InChI=1S/C24H27N5O2/c1-30-16-7-8-17-19(15-16)23(28-31-14-4-9-25)21-18-5-2-3-6-20(18)27-24(22(17)21)29-12-10-26-11-13-29/h2-3,5-8,15,26H,4,9-14,25H2,1H3/b28-23+. The van der Waals surface area contributed by atoms with Gasteiger partial charge in [0.05, 0.1) is 12.6 Å². The van der Waals surface area contributed by atoms with Crippen LogP contribution in [0.5, 0.6) is 5.75 Å². The molecule has 0 radical (unpaired) electrons. The number of oxime groups is 1. The zero-order chi connectivity index (χ0) is 21.2. The first-order valence-corrected chi connectivity index (χ1v) is 10.8. The Balaban J connectivity index is 1.76. The second kappa shape index (κ2) is 8.53. The number of nitrogens with two attached hydrogens (primary N) is 1. The molecule has 2 heterocycles. The molecule has 0 atom stereocenters. The topological polar surface area (TPSA) is 85.0 Å². The van der Waals surface area contributed by atoms with Gasteiger partial charge in [-0.2, -0.15) is 0 Å². The van der Waals surface area contributed by atoms with Crippen molar-refractivity contribution in [3.8, 4) is 16.9 Å². The van der Waals surface area contributed by atoms with E-state index in [2.05, 4.69) is 33.6 Å². The minimum absolute atomic E-state index is 0.488. The number of hydrogen-bond donors (Lipinski definition) is 2. The van der Waals surface area contributed by atoms with Crippen molar-refractivity contribution in [2.75, 3.05) is 51.3 Å². The molecule has 0 saturated carbocycles. The van der Waals surface area contributed by atoms with Gasteiger partial charge in [-0.15, -0.1) is 0 Å². The number of rotatable bonds is 6. The van der Waals surface area contributed by atoms with Gasteiger partial charge in [0, 0.05) is 48.3 Å². The van der Waals surface area contributed by atoms with Crippen LogP contribution in [-0.2, 0) is 4.84 Å². The molecule has 3 aromatic rings. The van der Waals surface area contributed by atoms with Crippen molar-refractivity contribution in [1.82, 2.24) is 10.3 Å². The lowest BCUT2D eigenvalue weighted by Crippen LogP contribution is -2.44. The molecule has 2 aliphatic rings. The maximum atomic E-state index is 5.70. The molecule has 3 N–H and O–H groups in total. The van der Waals surface area contributed by atoms with Crippen molar-refractivity contribution >= 4 is 22.4 Å². The van der Waals surface area contributed by atoms with E-state index >= 15 is 0 Å². The van der Waals surface area contributed by atoms with Gasteiger partial charge in [-0.3, -0.25) is 0 Å². The summed E-state index contributed by atoms with van der Waals surface area (Å²) in [5.74, 6) is 1.80. The number of para-hydroxylation sites is 1. The second-order valence-electron chi connectivity index (χ2n) is 7.77. The third-order valence-corrected chi connectivity index (χ3v) is 5.87. The monoisotopic (exact) mass is 417 g/mol. The van der Waals surface area contributed by atoms with Crippen molar-refractivity contribution < 1.29 is 9.57 Å². The van der Waals surface area contributed by atoms with Crippen LogP contribution < -0.4 is 20.7 Å². The minimum atomic E-state index is 0.488. The molecule has 1 aromatic heterocycles. The second-order valence-corrected chi connectivity index (χ2v) is 7.77. The molecule has 2 aromatic carbocycles.